The zero-order valence-electron chi connectivity index (χ0n) is 13.3. The Kier molecular flexibility index (Phi) is 4.53. The fourth-order valence-corrected chi connectivity index (χ4v) is 2.44. The Hall–Kier alpha value is -3.87. The molecule has 0 spiro atoms. The van der Waals surface area contributed by atoms with E-state index in [4.69, 9.17) is 9.84 Å². The lowest BCUT2D eigenvalue weighted by Gasteiger charge is -2.09. The molecule has 0 amide bonds. The summed E-state index contributed by atoms with van der Waals surface area (Å²) >= 11 is 0. The second kappa shape index (κ2) is 6.94. The fraction of sp³-hybridized carbons (Fsp3) is 0. The monoisotopic (exact) mass is 351 g/mol. The molecule has 0 saturated carbocycles. The summed E-state index contributed by atoms with van der Waals surface area (Å²) in [5.41, 5.74) is 0.957. The maximum Gasteiger partial charge on any atom is 0.339 e. The third kappa shape index (κ3) is 3.46. The van der Waals surface area contributed by atoms with Crippen molar-refractivity contribution in [1.82, 2.24) is 0 Å². The predicted molar refractivity (Wildman–Crippen MR) is 93.7 cm³/mol. The van der Waals surface area contributed by atoms with Crippen LogP contribution < -0.4 is 4.74 Å². The first-order chi connectivity index (χ1) is 12.5. The topological polar surface area (TPSA) is 110 Å². The van der Waals surface area contributed by atoms with E-state index < -0.39 is 16.6 Å². The number of carboxylic acid groups (broad SMARTS) is 1. The van der Waals surface area contributed by atoms with Crippen molar-refractivity contribution in [3.05, 3.63) is 82.4 Å². The molecule has 0 bridgehead atoms. The molecule has 0 heterocycles. The van der Waals surface area contributed by atoms with Crippen LogP contribution in [-0.2, 0) is 0 Å². The van der Waals surface area contributed by atoms with Gasteiger partial charge in [-0.05, 0) is 29.3 Å². The van der Waals surface area contributed by atoms with Crippen molar-refractivity contribution in [2.24, 2.45) is 0 Å². The Labute approximate surface area is 147 Å². The zero-order chi connectivity index (χ0) is 18.7. The molecule has 0 fully saturated rings. The molecule has 130 valence electrons. The SMILES string of the molecule is O=C(O)c1ccc(Oc2ccc(-c3ccccc3)cc2[N+](=O)[O-])cc1O. The van der Waals surface area contributed by atoms with Gasteiger partial charge in [-0.15, -0.1) is 0 Å². The van der Waals surface area contributed by atoms with Crippen molar-refractivity contribution in [3.63, 3.8) is 0 Å². The second-order valence-electron chi connectivity index (χ2n) is 5.39. The Balaban J connectivity index is 1.96. The van der Waals surface area contributed by atoms with Crippen LogP contribution >= 0.6 is 0 Å². The van der Waals surface area contributed by atoms with Crippen LogP contribution in [0.3, 0.4) is 0 Å². The summed E-state index contributed by atoms with van der Waals surface area (Å²) in [6.07, 6.45) is 0. The second-order valence-corrected chi connectivity index (χ2v) is 5.39. The van der Waals surface area contributed by atoms with Crippen molar-refractivity contribution in [2.45, 2.75) is 0 Å². The van der Waals surface area contributed by atoms with E-state index in [1.165, 1.54) is 18.2 Å². The molecule has 0 aromatic heterocycles. The van der Waals surface area contributed by atoms with Gasteiger partial charge in [-0.2, -0.15) is 0 Å². The lowest BCUT2D eigenvalue weighted by atomic mass is 10.0. The number of nitrogens with zero attached hydrogens (tertiary/aromatic N) is 1. The van der Waals surface area contributed by atoms with Crippen LogP contribution in [0.4, 0.5) is 5.69 Å². The van der Waals surface area contributed by atoms with Gasteiger partial charge >= 0.3 is 11.7 Å². The number of carboxylic acids is 1. The number of aromatic carboxylic acids is 1. The number of ether oxygens (including phenoxy) is 1. The molecular formula is C19H13NO6. The summed E-state index contributed by atoms with van der Waals surface area (Å²) in [6.45, 7) is 0. The van der Waals surface area contributed by atoms with Crippen molar-refractivity contribution in [3.8, 4) is 28.4 Å². The minimum atomic E-state index is -1.28. The van der Waals surface area contributed by atoms with E-state index in [0.717, 1.165) is 17.7 Å². The summed E-state index contributed by atoms with van der Waals surface area (Å²) in [5.74, 6) is -1.70. The average Bonchev–Trinajstić information content (AvgIpc) is 2.62. The molecule has 0 atom stereocenters. The van der Waals surface area contributed by atoms with Crippen molar-refractivity contribution in [2.75, 3.05) is 0 Å². The zero-order valence-corrected chi connectivity index (χ0v) is 13.3. The van der Waals surface area contributed by atoms with Gasteiger partial charge in [-0.25, -0.2) is 4.79 Å². The molecule has 2 N–H and O–H groups in total. The van der Waals surface area contributed by atoms with Crippen LogP contribution in [0.15, 0.2) is 66.7 Å². The van der Waals surface area contributed by atoms with Gasteiger partial charge in [-0.1, -0.05) is 36.4 Å². The maximum absolute atomic E-state index is 11.4. The van der Waals surface area contributed by atoms with E-state index >= 15 is 0 Å². The lowest BCUT2D eigenvalue weighted by molar-refractivity contribution is -0.385. The smallest absolute Gasteiger partial charge is 0.339 e. The van der Waals surface area contributed by atoms with Crippen LogP contribution in [0, 0.1) is 10.1 Å². The Bertz CT molecular complexity index is 985. The maximum atomic E-state index is 11.4. The van der Waals surface area contributed by atoms with Crippen LogP contribution in [0.2, 0.25) is 0 Å². The molecular weight excluding hydrogens is 338 g/mol. The van der Waals surface area contributed by atoms with Gasteiger partial charge in [0.05, 0.1) is 4.92 Å². The first kappa shape index (κ1) is 17.0. The molecule has 26 heavy (non-hydrogen) atoms. The van der Waals surface area contributed by atoms with Crippen molar-refractivity contribution >= 4 is 11.7 Å². The van der Waals surface area contributed by atoms with Gasteiger partial charge in [0.15, 0.2) is 0 Å². The molecule has 0 aliphatic heterocycles. The number of hydrogen-bond acceptors (Lipinski definition) is 5. The van der Waals surface area contributed by atoms with Crippen molar-refractivity contribution < 1.29 is 24.7 Å². The molecule has 0 aliphatic rings. The highest BCUT2D eigenvalue weighted by atomic mass is 16.6. The van der Waals surface area contributed by atoms with Crippen LogP contribution in [0.5, 0.6) is 17.2 Å². The van der Waals surface area contributed by atoms with Gasteiger partial charge in [0.2, 0.25) is 5.75 Å². The molecule has 7 nitrogen and oxygen atoms in total. The van der Waals surface area contributed by atoms with E-state index in [-0.39, 0.29) is 22.7 Å². The number of benzene rings is 3. The highest BCUT2D eigenvalue weighted by Crippen LogP contribution is 2.36. The fourth-order valence-electron chi connectivity index (χ4n) is 2.44. The van der Waals surface area contributed by atoms with E-state index in [0.29, 0.717) is 5.56 Å². The number of nitro groups is 1. The third-order valence-corrected chi connectivity index (χ3v) is 3.69. The highest BCUT2D eigenvalue weighted by molar-refractivity contribution is 5.91. The third-order valence-electron chi connectivity index (χ3n) is 3.69. The number of aromatic hydroxyl groups is 1. The van der Waals surface area contributed by atoms with Crippen molar-refractivity contribution in [1.29, 1.82) is 0 Å². The normalized spacial score (nSPS) is 10.3. The van der Waals surface area contributed by atoms with Crippen LogP contribution in [0.25, 0.3) is 11.1 Å². The predicted octanol–water partition coefficient (Wildman–Crippen LogP) is 4.46. The molecule has 0 unspecified atom stereocenters. The molecule has 7 heteroatoms. The minimum Gasteiger partial charge on any atom is -0.507 e. The number of hydrogen-bond donors (Lipinski definition) is 2. The molecule has 3 aromatic carbocycles. The molecule has 0 radical (unpaired) electrons. The quantitative estimate of drug-likeness (QED) is 0.519. The van der Waals surface area contributed by atoms with E-state index in [1.807, 2.05) is 30.3 Å². The molecule has 3 aromatic rings. The van der Waals surface area contributed by atoms with Crippen LogP contribution in [0.1, 0.15) is 10.4 Å². The summed E-state index contributed by atoms with van der Waals surface area (Å²) < 4.78 is 5.48. The standard InChI is InChI=1S/C19H13NO6/c21-17-11-14(7-8-15(17)19(22)23)26-18-9-6-13(10-16(18)20(24)25)12-4-2-1-3-5-12/h1-11,21H,(H,22,23). The lowest BCUT2D eigenvalue weighted by Crippen LogP contribution is -1.97. The van der Waals surface area contributed by atoms with Gasteiger partial charge in [0.1, 0.15) is 17.1 Å². The molecule has 0 aliphatic carbocycles. The largest absolute Gasteiger partial charge is 0.507 e. The Morgan fingerprint density at radius 2 is 1.69 bits per heavy atom. The minimum absolute atomic E-state index is 0.0165. The van der Waals surface area contributed by atoms with E-state index in [1.54, 1.807) is 6.07 Å². The number of rotatable bonds is 5. The molecule has 3 rings (SSSR count). The highest BCUT2D eigenvalue weighted by Gasteiger charge is 2.18. The van der Waals surface area contributed by atoms with Gasteiger partial charge in [-0.3, -0.25) is 10.1 Å². The summed E-state index contributed by atoms with van der Waals surface area (Å²) in [6, 6.07) is 17.3. The number of phenols is 1. The van der Waals surface area contributed by atoms with E-state index in [2.05, 4.69) is 0 Å². The Morgan fingerprint density at radius 1 is 0.962 bits per heavy atom. The van der Waals surface area contributed by atoms with Gasteiger partial charge in [0, 0.05) is 12.1 Å². The van der Waals surface area contributed by atoms with Crippen LogP contribution in [-0.4, -0.2) is 21.1 Å². The first-order valence-electron chi connectivity index (χ1n) is 7.54. The average molecular weight is 351 g/mol. The van der Waals surface area contributed by atoms with Gasteiger partial charge < -0.3 is 14.9 Å². The number of carbonyl (C=O) groups is 1. The van der Waals surface area contributed by atoms with E-state index in [9.17, 15) is 20.0 Å². The first-order valence-corrected chi connectivity index (χ1v) is 7.54. The number of nitro benzene ring substituents is 1. The summed E-state index contributed by atoms with van der Waals surface area (Å²) in [7, 11) is 0. The summed E-state index contributed by atoms with van der Waals surface area (Å²) in [5, 5.41) is 30.0. The Morgan fingerprint density at radius 3 is 2.31 bits per heavy atom. The van der Waals surface area contributed by atoms with Gasteiger partial charge in [0.25, 0.3) is 0 Å². The summed E-state index contributed by atoms with van der Waals surface area (Å²) in [4.78, 5) is 21.8. The molecule has 0 saturated heterocycles.